The predicted octanol–water partition coefficient (Wildman–Crippen LogP) is 2.13. The Morgan fingerprint density at radius 1 is 1.10 bits per heavy atom. The minimum atomic E-state index is -0.830. The normalized spacial score (nSPS) is 11.1. The zero-order valence-electron chi connectivity index (χ0n) is 12.4. The average Bonchev–Trinajstić information content (AvgIpc) is 2.44. The molecule has 0 bridgehead atoms. The van der Waals surface area contributed by atoms with Crippen LogP contribution in [0.3, 0.4) is 0 Å². The first-order chi connectivity index (χ1) is 10.1. The predicted molar refractivity (Wildman–Crippen MR) is 75.5 cm³/mol. The van der Waals surface area contributed by atoms with E-state index in [1.54, 1.807) is 19.1 Å². The maximum atomic E-state index is 13.6. The zero-order chi connectivity index (χ0) is 15.7. The summed E-state index contributed by atoms with van der Waals surface area (Å²) in [5.74, 6) is -2.23. The molecule has 0 radical (unpaired) electrons. The van der Waals surface area contributed by atoms with Crippen molar-refractivity contribution in [3.8, 4) is 0 Å². The van der Waals surface area contributed by atoms with Gasteiger partial charge in [-0.1, -0.05) is 6.07 Å². The molecule has 6 heteroatoms. The Balaban J connectivity index is 2.69. The van der Waals surface area contributed by atoms with Crippen LogP contribution in [0.2, 0.25) is 0 Å². The number of benzene rings is 1. The summed E-state index contributed by atoms with van der Waals surface area (Å²) < 4.78 is 37.1. The van der Waals surface area contributed by atoms with Gasteiger partial charge in [-0.05, 0) is 18.6 Å². The first kappa shape index (κ1) is 17.7. The van der Waals surface area contributed by atoms with E-state index in [2.05, 4.69) is 0 Å². The number of hydrogen-bond donors (Lipinski definition) is 0. The van der Waals surface area contributed by atoms with Gasteiger partial charge in [0.15, 0.2) is 5.78 Å². The van der Waals surface area contributed by atoms with Crippen LogP contribution in [0.15, 0.2) is 18.2 Å². The number of methoxy groups -OCH3 is 2. The molecule has 0 atom stereocenters. The number of Topliss-reactive ketones (excluding diaryl/α,β-unsaturated/α-hetero) is 1. The summed E-state index contributed by atoms with van der Waals surface area (Å²) >= 11 is 0. The molecule has 4 nitrogen and oxygen atoms in total. The SMILES string of the molecule is COCCCN(CCOC)CC(=O)c1c(F)cccc1F. The van der Waals surface area contributed by atoms with Crippen LogP contribution in [0.5, 0.6) is 0 Å². The summed E-state index contributed by atoms with van der Waals surface area (Å²) in [6.07, 6.45) is 0.729. The Bertz CT molecular complexity index is 434. The van der Waals surface area contributed by atoms with Crippen molar-refractivity contribution in [3.05, 3.63) is 35.4 Å². The molecule has 1 aromatic carbocycles. The number of hydrogen-bond acceptors (Lipinski definition) is 4. The molecule has 0 aliphatic carbocycles. The maximum absolute atomic E-state index is 13.6. The van der Waals surface area contributed by atoms with E-state index in [0.717, 1.165) is 18.6 Å². The molecule has 21 heavy (non-hydrogen) atoms. The van der Waals surface area contributed by atoms with Gasteiger partial charge in [0.25, 0.3) is 0 Å². The van der Waals surface area contributed by atoms with Crippen LogP contribution in [-0.2, 0) is 9.47 Å². The summed E-state index contributed by atoms with van der Waals surface area (Å²) in [5, 5.41) is 0. The van der Waals surface area contributed by atoms with Gasteiger partial charge in [-0.25, -0.2) is 8.78 Å². The highest BCUT2D eigenvalue weighted by molar-refractivity contribution is 5.98. The second kappa shape index (κ2) is 9.55. The molecule has 0 spiro atoms. The molecular weight excluding hydrogens is 280 g/mol. The highest BCUT2D eigenvalue weighted by Gasteiger charge is 2.19. The molecule has 0 unspecified atom stereocenters. The number of rotatable bonds is 10. The van der Waals surface area contributed by atoms with Crippen molar-refractivity contribution >= 4 is 5.78 Å². The Hall–Kier alpha value is -1.37. The fourth-order valence-corrected chi connectivity index (χ4v) is 1.97. The Labute approximate surface area is 123 Å². The third-order valence-electron chi connectivity index (χ3n) is 3.04. The number of carbonyl (C=O) groups is 1. The lowest BCUT2D eigenvalue weighted by Crippen LogP contribution is -2.34. The number of nitrogens with zero attached hydrogens (tertiary/aromatic N) is 1. The van der Waals surface area contributed by atoms with Crippen molar-refractivity contribution in [2.75, 3.05) is 47.1 Å². The smallest absolute Gasteiger partial charge is 0.182 e. The van der Waals surface area contributed by atoms with Gasteiger partial charge in [-0.2, -0.15) is 0 Å². The fraction of sp³-hybridized carbons (Fsp3) is 0.533. The van der Waals surface area contributed by atoms with E-state index in [4.69, 9.17) is 9.47 Å². The van der Waals surface area contributed by atoms with Crippen molar-refractivity contribution < 1.29 is 23.0 Å². The van der Waals surface area contributed by atoms with Gasteiger partial charge in [0.1, 0.15) is 11.6 Å². The van der Waals surface area contributed by atoms with E-state index in [1.807, 2.05) is 0 Å². The standard InChI is InChI=1S/C15H21F2NO3/c1-20-9-4-7-18(8-10-21-2)11-14(19)15-12(16)5-3-6-13(15)17/h3,5-6H,4,7-11H2,1-2H3. The molecule has 0 aliphatic heterocycles. The molecule has 118 valence electrons. The molecule has 0 heterocycles. The van der Waals surface area contributed by atoms with Crippen molar-refractivity contribution in [3.63, 3.8) is 0 Å². The first-order valence-electron chi connectivity index (χ1n) is 6.77. The third-order valence-corrected chi connectivity index (χ3v) is 3.04. The van der Waals surface area contributed by atoms with Crippen LogP contribution >= 0.6 is 0 Å². The molecule has 0 amide bonds. The van der Waals surface area contributed by atoms with E-state index >= 15 is 0 Å². The molecule has 0 fully saturated rings. The summed E-state index contributed by atoms with van der Waals surface area (Å²) in [6, 6.07) is 3.41. The van der Waals surface area contributed by atoms with Gasteiger partial charge >= 0.3 is 0 Å². The van der Waals surface area contributed by atoms with E-state index in [0.29, 0.717) is 26.3 Å². The van der Waals surface area contributed by atoms with Crippen molar-refractivity contribution in [1.82, 2.24) is 4.90 Å². The number of halogens is 2. The van der Waals surface area contributed by atoms with Crippen LogP contribution < -0.4 is 0 Å². The Kier molecular flexibility index (Phi) is 8.04. The first-order valence-corrected chi connectivity index (χ1v) is 6.77. The van der Waals surface area contributed by atoms with Crippen LogP contribution in [0.1, 0.15) is 16.8 Å². The monoisotopic (exact) mass is 301 g/mol. The molecular formula is C15H21F2NO3. The van der Waals surface area contributed by atoms with Gasteiger partial charge < -0.3 is 9.47 Å². The molecule has 0 saturated carbocycles. The van der Waals surface area contributed by atoms with Gasteiger partial charge in [0, 0.05) is 33.9 Å². The molecule has 0 aromatic heterocycles. The average molecular weight is 301 g/mol. The van der Waals surface area contributed by atoms with E-state index < -0.39 is 23.0 Å². The molecule has 0 N–H and O–H groups in total. The lowest BCUT2D eigenvalue weighted by molar-refractivity contribution is 0.0870. The zero-order valence-corrected chi connectivity index (χ0v) is 12.4. The van der Waals surface area contributed by atoms with Crippen LogP contribution in [0.25, 0.3) is 0 Å². The van der Waals surface area contributed by atoms with Crippen LogP contribution in [0, 0.1) is 11.6 Å². The van der Waals surface area contributed by atoms with Gasteiger partial charge in [-0.15, -0.1) is 0 Å². The number of carbonyl (C=O) groups excluding carboxylic acids is 1. The largest absolute Gasteiger partial charge is 0.385 e. The summed E-state index contributed by atoms with van der Waals surface area (Å²) in [7, 11) is 3.16. The highest BCUT2D eigenvalue weighted by Crippen LogP contribution is 2.13. The fourth-order valence-electron chi connectivity index (χ4n) is 1.97. The lowest BCUT2D eigenvalue weighted by Gasteiger charge is -2.21. The van der Waals surface area contributed by atoms with Crippen LogP contribution in [0.4, 0.5) is 8.78 Å². The summed E-state index contributed by atoms with van der Waals surface area (Å²) in [4.78, 5) is 13.9. The summed E-state index contributed by atoms with van der Waals surface area (Å²) in [5.41, 5.74) is -0.480. The van der Waals surface area contributed by atoms with E-state index in [1.165, 1.54) is 6.07 Å². The van der Waals surface area contributed by atoms with E-state index in [-0.39, 0.29) is 6.54 Å². The van der Waals surface area contributed by atoms with Gasteiger partial charge in [-0.3, -0.25) is 9.69 Å². The second-order valence-corrected chi connectivity index (χ2v) is 4.64. The maximum Gasteiger partial charge on any atom is 0.182 e. The van der Waals surface area contributed by atoms with Crippen molar-refractivity contribution in [2.45, 2.75) is 6.42 Å². The lowest BCUT2D eigenvalue weighted by atomic mass is 10.1. The Morgan fingerprint density at radius 3 is 2.29 bits per heavy atom. The topological polar surface area (TPSA) is 38.8 Å². The molecule has 0 aliphatic rings. The highest BCUT2D eigenvalue weighted by atomic mass is 19.1. The van der Waals surface area contributed by atoms with Crippen LogP contribution in [-0.4, -0.2) is 57.8 Å². The summed E-state index contributed by atoms with van der Waals surface area (Å²) in [6.45, 7) is 2.07. The second-order valence-electron chi connectivity index (χ2n) is 4.64. The quantitative estimate of drug-likeness (QED) is 0.490. The van der Waals surface area contributed by atoms with Gasteiger partial charge in [0.05, 0.1) is 18.7 Å². The van der Waals surface area contributed by atoms with E-state index in [9.17, 15) is 13.6 Å². The molecule has 0 saturated heterocycles. The van der Waals surface area contributed by atoms with Crippen molar-refractivity contribution in [1.29, 1.82) is 0 Å². The molecule has 1 aromatic rings. The van der Waals surface area contributed by atoms with Gasteiger partial charge in [0.2, 0.25) is 0 Å². The third kappa shape index (κ3) is 5.87. The molecule has 1 rings (SSSR count). The number of ketones is 1. The minimum Gasteiger partial charge on any atom is -0.385 e. The minimum absolute atomic E-state index is 0.0507. The Morgan fingerprint density at radius 2 is 1.71 bits per heavy atom. The van der Waals surface area contributed by atoms with Crippen molar-refractivity contribution in [2.24, 2.45) is 0 Å². The number of ether oxygens (including phenoxy) is 2.